The van der Waals surface area contributed by atoms with Crippen LogP contribution in [0.4, 0.5) is 4.79 Å². The van der Waals surface area contributed by atoms with Crippen LogP contribution in [0.25, 0.3) is 0 Å². The highest BCUT2D eigenvalue weighted by Gasteiger charge is 2.21. The van der Waals surface area contributed by atoms with Crippen LogP contribution in [-0.4, -0.2) is 24.6 Å². The van der Waals surface area contributed by atoms with Crippen molar-refractivity contribution in [1.29, 1.82) is 0 Å². The van der Waals surface area contributed by atoms with Gasteiger partial charge in [-0.2, -0.15) is 0 Å². The summed E-state index contributed by atoms with van der Waals surface area (Å²) in [6.07, 6.45) is 7.99. The van der Waals surface area contributed by atoms with Gasteiger partial charge in [-0.15, -0.1) is 0 Å². The summed E-state index contributed by atoms with van der Waals surface area (Å²) in [5.74, 6) is -0.0174. The summed E-state index contributed by atoms with van der Waals surface area (Å²) in [6, 6.07) is 9.43. The summed E-state index contributed by atoms with van der Waals surface area (Å²) >= 11 is 0. The van der Waals surface area contributed by atoms with Gasteiger partial charge in [0.2, 0.25) is 5.91 Å². The van der Waals surface area contributed by atoms with Crippen LogP contribution in [0.1, 0.15) is 69.9 Å². The Hall–Kier alpha value is -2.04. The summed E-state index contributed by atoms with van der Waals surface area (Å²) in [4.78, 5) is 24.3. The van der Waals surface area contributed by atoms with Crippen molar-refractivity contribution in [1.82, 2.24) is 10.6 Å². The number of hydrogen-bond donors (Lipinski definition) is 2. The van der Waals surface area contributed by atoms with Crippen LogP contribution in [0.5, 0.6) is 0 Å². The third-order valence-corrected chi connectivity index (χ3v) is 4.63. The van der Waals surface area contributed by atoms with E-state index in [1.54, 1.807) is 6.92 Å². The average Bonchev–Trinajstić information content (AvgIpc) is 2.57. The molecule has 0 radical (unpaired) electrons. The molecule has 0 aromatic heterocycles. The minimum absolute atomic E-state index is 0.0174. The van der Waals surface area contributed by atoms with Gasteiger partial charge in [-0.3, -0.25) is 4.79 Å². The van der Waals surface area contributed by atoms with Gasteiger partial charge < -0.3 is 15.4 Å². The molecule has 1 aliphatic rings. The van der Waals surface area contributed by atoms with Crippen molar-refractivity contribution in [2.24, 2.45) is 0 Å². The lowest BCUT2D eigenvalue weighted by atomic mass is 9.96. The topological polar surface area (TPSA) is 67.4 Å². The fourth-order valence-electron chi connectivity index (χ4n) is 3.33. The van der Waals surface area contributed by atoms with Gasteiger partial charge in [-0.05, 0) is 25.3 Å². The van der Waals surface area contributed by atoms with Crippen LogP contribution in [0.3, 0.4) is 0 Å². The predicted molar refractivity (Wildman–Crippen MR) is 98.2 cm³/mol. The lowest BCUT2D eigenvalue weighted by Crippen LogP contribution is -2.39. The van der Waals surface area contributed by atoms with Gasteiger partial charge in [0.05, 0.1) is 19.1 Å². The molecule has 1 aliphatic carbocycles. The lowest BCUT2D eigenvalue weighted by Gasteiger charge is -2.23. The maximum absolute atomic E-state index is 12.5. The third kappa shape index (κ3) is 7.16. The number of alkyl carbamates (subject to hydrolysis) is 1. The second-order valence-corrected chi connectivity index (χ2v) is 6.64. The van der Waals surface area contributed by atoms with Crippen molar-refractivity contribution in [3.05, 3.63) is 35.9 Å². The van der Waals surface area contributed by atoms with E-state index in [0.717, 1.165) is 18.4 Å². The summed E-state index contributed by atoms with van der Waals surface area (Å²) in [7, 11) is 0. The molecule has 0 spiro atoms. The summed E-state index contributed by atoms with van der Waals surface area (Å²) in [5.41, 5.74) is 0.906. The zero-order chi connectivity index (χ0) is 17.9. The molecular formula is C20H30N2O3. The molecule has 1 fully saturated rings. The van der Waals surface area contributed by atoms with Crippen LogP contribution in [0.2, 0.25) is 0 Å². The van der Waals surface area contributed by atoms with Crippen LogP contribution in [-0.2, 0) is 9.53 Å². The molecule has 2 amide bonds. The molecule has 1 atom stereocenters. The minimum atomic E-state index is -0.491. The van der Waals surface area contributed by atoms with Crippen LogP contribution >= 0.6 is 0 Å². The van der Waals surface area contributed by atoms with Crippen LogP contribution in [0, 0.1) is 0 Å². The van der Waals surface area contributed by atoms with E-state index >= 15 is 0 Å². The smallest absolute Gasteiger partial charge is 0.407 e. The SMILES string of the molecule is CCOC(=O)N[C@@H](CC(=O)NC1CCCCCCC1)c1ccccc1. The minimum Gasteiger partial charge on any atom is -0.450 e. The Bertz CT molecular complexity index is 525. The number of rotatable bonds is 6. The Labute approximate surface area is 150 Å². The predicted octanol–water partition coefficient (Wildman–Crippen LogP) is 4.09. The van der Waals surface area contributed by atoms with E-state index in [-0.39, 0.29) is 24.4 Å². The largest absolute Gasteiger partial charge is 0.450 e. The first kappa shape index (κ1) is 19.3. The molecule has 1 aromatic rings. The van der Waals surface area contributed by atoms with E-state index in [2.05, 4.69) is 10.6 Å². The Morgan fingerprint density at radius 1 is 1.08 bits per heavy atom. The quantitative estimate of drug-likeness (QED) is 0.815. The van der Waals surface area contributed by atoms with Gasteiger partial charge in [0.25, 0.3) is 0 Å². The Morgan fingerprint density at radius 3 is 2.36 bits per heavy atom. The average molecular weight is 346 g/mol. The lowest BCUT2D eigenvalue weighted by molar-refractivity contribution is -0.122. The monoisotopic (exact) mass is 346 g/mol. The van der Waals surface area contributed by atoms with Gasteiger partial charge in [0.1, 0.15) is 0 Å². The maximum Gasteiger partial charge on any atom is 0.407 e. The molecule has 5 nitrogen and oxygen atoms in total. The van der Waals surface area contributed by atoms with E-state index in [9.17, 15) is 9.59 Å². The number of ether oxygens (including phenoxy) is 1. The van der Waals surface area contributed by atoms with E-state index in [1.165, 1.54) is 32.1 Å². The first-order valence-corrected chi connectivity index (χ1v) is 9.46. The van der Waals surface area contributed by atoms with Crippen LogP contribution < -0.4 is 10.6 Å². The van der Waals surface area contributed by atoms with E-state index in [4.69, 9.17) is 4.74 Å². The zero-order valence-corrected chi connectivity index (χ0v) is 15.1. The highest BCUT2D eigenvalue weighted by Crippen LogP contribution is 2.19. The number of amides is 2. The van der Waals surface area contributed by atoms with Gasteiger partial charge in [0.15, 0.2) is 0 Å². The van der Waals surface area contributed by atoms with E-state index < -0.39 is 6.09 Å². The fraction of sp³-hybridized carbons (Fsp3) is 0.600. The van der Waals surface area contributed by atoms with Crippen molar-refractivity contribution >= 4 is 12.0 Å². The number of carbonyl (C=O) groups is 2. The second kappa shape index (κ2) is 10.7. The molecule has 1 aromatic carbocycles. The van der Waals surface area contributed by atoms with Gasteiger partial charge in [0, 0.05) is 6.04 Å². The molecule has 5 heteroatoms. The highest BCUT2D eigenvalue weighted by molar-refractivity contribution is 5.78. The van der Waals surface area contributed by atoms with Crippen molar-refractivity contribution in [3.8, 4) is 0 Å². The van der Waals surface area contributed by atoms with Crippen molar-refractivity contribution in [2.45, 2.75) is 70.4 Å². The molecule has 0 unspecified atom stereocenters. The highest BCUT2D eigenvalue weighted by atomic mass is 16.5. The number of carbonyl (C=O) groups excluding carboxylic acids is 2. The Balaban J connectivity index is 1.94. The third-order valence-electron chi connectivity index (χ3n) is 4.63. The fourth-order valence-corrected chi connectivity index (χ4v) is 3.33. The molecule has 0 heterocycles. The van der Waals surface area contributed by atoms with Gasteiger partial charge >= 0.3 is 6.09 Å². The molecular weight excluding hydrogens is 316 g/mol. The van der Waals surface area contributed by atoms with Crippen molar-refractivity contribution < 1.29 is 14.3 Å². The molecule has 2 rings (SSSR count). The maximum atomic E-state index is 12.5. The van der Waals surface area contributed by atoms with Crippen LogP contribution in [0.15, 0.2) is 30.3 Å². The van der Waals surface area contributed by atoms with E-state index in [0.29, 0.717) is 6.61 Å². The number of hydrogen-bond acceptors (Lipinski definition) is 3. The van der Waals surface area contributed by atoms with E-state index in [1.807, 2.05) is 30.3 Å². The van der Waals surface area contributed by atoms with Gasteiger partial charge in [-0.1, -0.05) is 62.4 Å². The molecule has 0 bridgehead atoms. The van der Waals surface area contributed by atoms with Crippen molar-refractivity contribution in [2.75, 3.05) is 6.61 Å². The summed E-state index contributed by atoms with van der Waals surface area (Å²) < 4.78 is 4.97. The molecule has 1 saturated carbocycles. The standard InChI is InChI=1S/C20H30N2O3/c1-2-25-20(24)22-18(16-11-7-6-8-12-16)15-19(23)21-17-13-9-4-3-5-10-14-17/h6-8,11-12,17-18H,2-5,9-10,13-15H2,1H3,(H,21,23)(H,22,24)/t18-/m0/s1. The Morgan fingerprint density at radius 2 is 1.72 bits per heavy atom. The van der Waals surface area contributed by atoms with Gasteiger partial charge in [-0.25, -0.2) is 4.79 Å². The number of benzene rings is 1. The molecule has 0 aliphatic heterocycles. The normalized spacial score (nSPS) is 17.0. The first-order chi connectivity index (χ1) is 12.2. The first-order valence-electron chi connectivity index (χ1n) is 9.46. The van der Waals surface area contributed by atoms with Crippen molar-refractivity contribution in [3.63, 3.8) is 0 Å². The Kier molecular flexibility index (Phi) is 8.29. The summed E-state index contributed by atoms with van der Waals surface area (Å²) in [5, 5.41) is 5.96. The summed E-state index contributed by atoms with van der Waals surface area (Å²) in [6.45, 7) is 2.07. The zero-order valence-electron chi connectivity index (χ0n) is 15.1. The molecule has 138 valence electrons. The second-order valence-electron chi connectivity index (χ2n) is 6.64. The number of nitrogens with one attached hydrogen (secondary N) is 2. The molecule has 25 heavy (non-hydrogen) atoms. The molecule has 2 N–H and O–H groups in total. The molecule has 0 saturated heterocycles.